The first-order valence-corrected chi connectivity index (χ1v) is 15.7. The monoisotopic (exact) mass is 637 g/mol. The highest BCUT2D eigenvalue weighted by Crippen LogP contribution is 2.38. The van der Waals surface area contributed by atoms with Crippen LogP contribution in [0.3, 0.4) is 0 Å². The smallest absolute Gasteiger partial charge is 0.354 e. The van der Waals surface area contributed by atoms with Crippen LogP contribution in [-0.4, -0.2) is 44.3 Å². The van der Waals surface area contributed by atoms with E-state index in [0.29, 0.717) is 22.5 Å². The number of sulfonamides is 1. The summed E-state index contributed by atoms with van der Waals surface area (Å²) in [6.45, 7) is 4.97. The summed E-state index contributed by atoms with van der Waals surface area (Å²) in [4.78, 5) is 28.3. The van der Waals surface area contributed by atoms with Gasteiger partial charge in [-0.25, -0.2) is 8.42 Å². The second-order valence-corrected chi connectivity index (χ2v) is 12.3. The van der Waals surface area contributed by atoms with Gasteiger partial charge in [0.15, 0.2) is 0 Å². The minimum Gasteiger partial charge on any atom is -0.354 e. The van der Waals surface area contributed by atoms with Gasteiger partial charge >= 0.3 is 6.18 Å². The maximum Gasteiger partial charge on any atom is 0.417 e. The van der Waals surface area contributed by atoms with Crippen molar-refractivity contribution in [1.82, 2.24) is 10.2 Å². The minimum atomic E-state index is -4.88. The van der Waals surface area contributed by atoms with Gasteiger partial charge in [-0.15, -0.1) is 0 Å². The van der Waals surface area contributed by atoms with Gasteiger partial charge in [0.1, 0.15) is 12.6 Å². The van der Waals surface area contributed by atoms with Crippen LogP contribution in [0.15, 0.2) is 77.7 Å². The Balaban J connectivity index is 2.11. The molecule has 0 aliphatic heterocycles. The van der Waals surface area contributed by atoms with E-state index in [1.807, 2.05) is 6.92 Å². The summed E-state index contributed by atoms with van der Waals surface area (Å²) < 4.78 is 69.8. The van der Waals surface area contributed by atoms with Crippen molar-refractivity contribution in [3.63, 3.8) is 0 Å². The lowest BCUT2D eigenvalue weighted by Crippen LogP contribution is -2.52. The molecule has 232 valence electrons. The van der Waals surface area contributed by atoms with Crippen molar-refractivity contribution in [2.75, 3.05) is 17.4 Å². The number of hydrogen-bond acceptors (Lipinski definition) is 4. The molecule has 3 rings (SSSR count). The van der Waals surface area contributed by atoms with Crippen LogP contribution < -0.4 is 9.62 Å². The van der Waals surface area contributed by atoms with E-state index in [-0.39, 0.29) is 17.9 Å². The van der Waals surface area contributed by atoms with E-state index in [1.54, 1.807) is 56.3 Å². The largest absolute Gasteiger partial charge is 0.417 e. The van der Waals surface area contributed by atoms with E-state index >= 15 is 0 Å². The average molecular weight is 638 g/mol. The fourth-order valence-corrected chi connectivity index (χ4v) is 6.09. The van der Waals surface area contributed by atoms with E-state index in [1.165, 1.54) is 17.0 Å². The molecule has 0 aliphatic rings. The number of halogens is 4. The third-order valence-corrected chi connectivity index (χ3v) is 8.96. The molecule has 43 heavy (non-hydrogen) atoms. The molecule has 0 radical (unpaired) electrons. The van der Waals surface area contributed by atoms with Gasteiger partial charge < -0.3 is 10.2 Å². The first-order chi connectivity index (χ1) is 20.3. The number of alkyl halides is 3. The Morgan fingerprint density at radius 2 is 1.63 bits per heavy atom. The van der Waals surface area contributed by atoms with E-state index < -0.39 is 56.9 Å². The summed E-state index contributed by atoms with van der Waals surface area (Å²) >= 11 is 5.82. The maximum atomic E-state index is 14.0. The van der Waals surface area contributed by atoms with Crippen molar-refractivity contribution in [3.8, 4) is 0 Å². The molecule has 0 bridgehead atoms. The van der Waals surface area contributed by atoms with Crippen molar-refractivity contribution < 1.29 is 31.2 Å². The van der Waals surface area contributed by atoms with Crippen LogP contribution in [0, 0.1) is 6.92 Å². The van der Waals surface area contributed by atoms with E-state index in [4.69, 9.17) is 11.6 Å². The molecule has 1 N–H and O–H groups in total. The van der Waals surface area contributed by atoms with Gasteiger partial charge in [-0.2, -0.15) is 13.2 Å². The molecular formula is C31H35ClF3N3O4S. The molecule has 0 heterocycles. The molecule has 0 spiro atoms. The van der Waals surface area contributed by atoms with E-state index in [9.17, 15) is 31.2 Å². The highest BCUT2D eigenvalue weighted by Gasteiger charge is 2.37. The van der Waals surface area contributed by atoms with Gasteiger partial charge in [0.2, 0.25) is 11.8 Å². The average Bonchev–Trinajstić information content (AvgIpc) is 2.96. The summed E-state index contributed by atoms with van der Waals surface area (Å²) in [5.41, 5.74) is -0.187. The number of unbranched alkanes of at least 4 members (excludes halogenated alkanes) is 1. The number of benzene rings is 3. The first kappa shape index (κ1) is 33.9. The molecule has 2 amide bonds. The van der Waals surface area contributed by atoms with Crippen molar-refractivity contribution in [3.05, 3.63) is 94.5 Å². The number of anilines is 1. The quantitative estimate of drug-likeness (QED) is 0.214. The second kappa shape index (κ2) is 14.7. The number of rotatable bonds is 13. The van der Waals surface area contributed by atoms with Crippen molar-refractivity contribution in [1.29, 1.82) is 0 Å². The molecule has 3 aromatic carbocycles. The van der Waals surface area contributed by atoms with Crippen LogP contribution in [0.2, 0.25) is 5.02 Å². The zero-order valence-corrected chi connectivity index (χ0v) is 25.8. The Hall–Kier alpha value is -3.57. The maximum absolute atomic E-state index is 14.0. The number of carbonyl (C=O) groups excluding carboxylic acids is 2. The molecule has 0 saturated heterocycles. The number of aryl methyl sites for hydroxylation is 1. The molecule has 1 atom stereocenters. The summed E-state index contributed by atoms with van der Waals surface area (Å²) in [5.74, 6) is -1.17. The Kier molecular flexibility index (Phi) is 11.6. The molecule has 7 nitrogen and oxygen atoms in total. The molecule has 0 fully saturated rings. The standard InChI is InChI=1S/C31H35ClF3N3O4S/c1-4-6-18-36-30(40)28(5-2)37(20-23-10-8-7-9-11-23)29(39)21-38(43(41,42)25-15-12-22(3)13-16-25)24-14-17-27(32)26(19-24)31(33,34)35/h7-17,19,28H,4-6,18,20-21H2,1-3H3,(H,36,40). The first-order valence-electron chi connectivity index (χ1n) is 13.9. The minimum absolute atomic E-state index is 0.0216. The summed E-state index contributed by atoms with van der Waals surface area (Å²) in [6.07, 6.45) is -3.08. The Bertz CT molecular complexity index is 1500. The fraction of sp³-hybridized carbons (Fsp3) is 0.355. The van der Waals surface area contributed by atoms with Crippen LogP contribution in [0.25, 0.3) is 0 Å². The van der Waals surface area contributed by atoms with Crippen molar-refractivity contribution in [2.24, 2.45) is 0 Å². The molecule has 0 aromatic heterocycles. The normalized spacial score (nSPS) is 12.4. The number of nitrogens with one attached hydrogen (secondary N) is 1. The lowest BCUT2D eigenvalue weighted by atomic mass is 10.1. The number of nitrogens with zero attached hydrogens (tertiary/aromatic N) is 2. The topological polar surface area (TPSA) is 86.8 Å². The molecule has 3 aromatic rings. The van der Waals surface area contributed by atoms with Crippen LogP contribution >= 0.6 is 11.6 Å². The van der Waals surface area contributed by atoms with Crippen LogP contribution in [0.4, 0.5) is 18.9 Å². The predicted octanol–water partition coefficient (Wildman–Crippen LogP) is 6.59. The Labute approximate surface area is 255 Å². The number of carbonyl (C=O) groups is 2. The molecule has 1 unspecified atom stereocenters. The molecule has 0 saturated carbocycles. The highest BCUT2D eigenvalue weighted by atomic mass is 35.5. The van der Waals surface area contributed by atoms with Gasteiger partial charge in [0, 0.05) is 13.1 Å². The van der Waals surface area contributed by atoms with E-state index in [2.05, 4.69) is 5.32 Å². The van der Waals surface area contributed by atoms with Crippen molar-refractivity contribution >= 4 is 39.1 Å². The SMILES string of the molecule is CCCCNC(=O)C(CC)N(Cc1ccccc1)C(=O)CN(c1ccc(Cl)c(C(F)(F)F)c1)S(=O)(=O)c1ccc(C)cc1. The van der Waals surface area contributed by atoms with Gasteiger partial charge in [0.25, 0.3) is 10.0 Å². The highest BCUT2D eigenvalue weighted by molar-refractivity contribution is 7.92. The number of hydrogen-bond donors (Lipinski definition) is 1. The van der Waals surface area contributed by atoms with Crippen LogP contribution in [-0.2, 0) is 32.3 Å². The molecule has 0 aliphatic carbocycles. The van der Waals surface area contributed by atoms with Gasteiger partial charge in [-0.1, -0.05) is 79.9 Å². The van der Waals surface area contributed by atoms with Gasteiger partial charge in [0.05, 0.1) is 21.2 Å². The van der Waals surface area contributed by atoms with Crippen LogP contribution in [0.5, 0.6) is 0 Å². The zero-order chi connectivity index (χ0) is 31.8. The van der Waals surface area contributed by atoms with Crippen molar-refractivity contribution in [2.45, 2.75) is 63.7 Å². The summed E-state index contributed by atoms with van der Waals surface area (Å²) in [6, 6.07) is 16.3. The fourth-order valence-electron chi connectivity index (χ4n) is 4.46. The van der Waals surface area contributed by atoms with E-state index in [0.717, 1.165) is 30.5 Å². The summed E-state index contributed by atoms with van der Waals surface area (Å²) in [7, 11) is -4.54. The van der Waals surface area contributed by atoms with Gasteiger partial charge in [-0.3, -0.25) is 13.9 Å². The lowest BCUT2D eigenvalue weighted by molar-refractivity contribution is -0.140. The van der Waals surface area contributed by atoms with Gasteiger partial charge in [-0.05, 0) is 55.7 Å². The third-order valence-electron chi connectivity index (χ3n) is 6.84. The lowest BCUT2D eigenvalue weighted by Gasteiger charge is -2.33. The summed E-state index contributed by atoms with van der Waals surface area (Å²) in [5, 5.41) is 2.21. The molecule has 12 heteroatoms. The second-order valence-electron chi connectivity index (χ2n) is 10.1. The Morgan fingerprint density at radius 3 is 2.21 bits per heavy atom. The van der Waals surface area contributed by atoms with Crippen LogP contribution in [0.1, 0.15) is 49.8 Å². The number of amides is 2. The third kappa shape index (κ3) is 8.73. The zero-order valence-electron chi connectivity index (χ0n) is 24.2. The molecular weight excluding hydrogens is 603 g/mol. The Morgan fingerprint density at radius 1 is 0.977 bits per heavy atom. The predicted molar refractivity (Wildman–Crippen MR) is 161 cm³/mol.